The van der Waals surface area contributed by atoms with E-state index >= 15 is 0 Å². The van der Waals surface area contributed by atoms with Crippen molar-refractivity contribution in [3.63, 3.8) is 0 Å². The third kappa shape index (κ3) is 3.41. The number of nitrogens with one attached hydrogen (secondary N) is 1. The van der Waals surface area contributed by atoms with E-state index in [-0.39, 0.29) is 11.3 Å². The highest BCUT2D eigenvalue weighted by Gasteiger charge is 2.26. The molecule has 0 aliphatic rings. The molecule has 1 aromatic heterocycles. The SMILES string of the molecule is Cc1cc(Br)c(NC(=O)c2snnc2C(C)(C)C)cc1N. The minimum absolute atomic E-state index is 0.223. The maximum atomic E-state index is 12.4. The molecule has 2 rings (SSSR count). The summed E-state index contributed by atoms with van der Waals surface area (Å²) in [6, 6.07) is 3.61. The summed E-state index contributed by atoms with van der Waals surface area (Å²) in [6.07, 6.45) is 0. The third-order valence-electron chi connectivity index (χ3n) is 3.01. The number of nitrogen functional groups attached to an aromatic ring is 1. The molecule has 1 heterocycles. The van der Waals surface area contributed by atoms with Crippen molar-refractivity contribution >= 4 is 44.7 Å². The van der Waals surface area contributed by atoms with Gasteiger partial charge in [0.15, 0.2) is 0 Å². The maximum absolute atomic E-state index is 12.4. The number of carbonyl (C=O) groups excluding carboxylic acids is 1. The first-order chi connectivity index (χ1) is 9.70. The van der Waals surface area contributed by atoms with E-state index in [1.807, 2.05) is 33.8 Å². The summed E-state index contributed by atoms with van der Waals surface area (Å²) in [5.74, 6) is -0.223. The number of aromatic nitrogens is 2. The number of amides is 1. The first-order valence-corrected chi connectivity index (χ1v) is 7.96. The average Bonchev–Trinajstić information content (AvgIpc) is 2.85. The van der Waals surface area contributed by atoms with Crippen molar-refractivity contribution < 1.29 is 4.79 Å². The smallest absolute Gasteiger partial charge is 0.269 e. The molecule has 0 bridgehead atoms. The number of carbonyl (C=O) groups is 1. The second-order valence-electron chi connectivity index (χ2n) is 5.84. The molecule has 0 radical (unpaired) electrons. The lowest BCUT2D eigenvalue weighted by Gasteiger charge is -2.16. The van der Waals surface area contributed by atoms with Crippen LogP contribution >= 0.6 is 27.5 Å². The zero-order valence-corrected chi connectivity index (χ0v) is 14.7. The van der Waals surface area contributed by atoms with Crippen molar-refractivity contribution in [2.24, 2.45) is 0 Å². The van der Waals surface area contributed by atoms with Crippen molar-refractivity contribution in [1.29, 1.82) is 0 Å². The molecule has 1 aromatic carbocycles. The van der Waals surface area contributed by atoms with Crippen LogP contribution in [0, 0.1) is 6.92 Å². The summed E-state index contributed by atoms with van der Waals surface area (Å²) in [5, 5.41) is 6.93. The van der Waals surface area contributed by atoms with Crippen molar-refractivity contribution in [3.05, 3.63) is 32.7 Å². The quantitative estimate of drug-likeness (QED) is 0.791. The van der Waals surface area contributed by atoms with Crippen LogP contribution in [0.25, 0.3) is 0 Å². The van der Waals surface area contributed by atoms with E-state index in [0.29, 0.717) is 21.9 Å². The maximum Gasteiger partial charge on any atom is 0.269 e. The van der Waals surface area contributed by atoms with Gasteiger partial charge in [0.1, 0.15) is 4.88 Å². The number of anilines is 2. The van der Waals surface area contributed by atoms with Gasteiger partial charge >= 0.3 is 0 Å². The minimum Gasteiger partial charge on any atom is -0.398 e. The molecule has 3 N–H and O–H groups in total. The molecule has 1 amide bonds. The van der Waals surface area contributed by atoms with Crippen molar-refractivity contribution in [1.82, 2.24) is 9.59 Å². The Hall–Kier alpha value is -1.47. The lowest BCUT2D eigenvalue weighted by atomic mass is 9.91. The number of hydrogen-bond acceptors (Lipinski definition) is 5. The van der Waals surface area contributed by atoms with E-state index < -0.39 is 0 Å². The van der Waals surface area contributed by atoms with Crippen LogP contribution < -0.4 is 11.1 Å². The first-order valence-electron chi connectivity index (χ1n) is 6.40. The molecule has 0 saturated carbocycles. The lowest BCUT2D eigenvalue weighted by Crippen LogP contribution is -2.20. The summed E-state index contributed by atoms with van der Waals surface area (Å²) >= 11 is 4.53. The lowest BCUT2D eigenvalue weighted by molar-refractivity contribution is 0.102. The Bertz CT molecular complexity index is 691. The van der Waals surface area contributed by atoms with Gasteiger partial charge in [-0.15, -0.1) is 5.10 Å². The number of nitrogens with zero attached hydrogens (tertiary/aromatic N) is 2. The molecule has 0 fully saturated rings. The van der Waals surface area contributed by atoms with Crippen LogP contribution in [0.15, 0.2) is 16.6 Å². The molecule has 21 heavy (non-hydrogen) atoms. The summed E-state index contributed by atoms with van der Waals surface area (Å²) in [5.41, 5.74) is 8.57. The fourth-order valence-electron chi connectivity index (χ4n) is 1.79. The number of nitrogens with two attached hydrogens (primary N) is 1. The monoisotopic (exact) mass is 368 g/mol. The van der Waals surface area contributed by atoms with E-state index in [0.717, 1.165) is 21.6 Å². The number of aryl methyl sites for hydroxylation is 1. The Balaban J connectivity index is 2.31. The highest BCUT2D eigenvalue weighted by atomic mass is 79.9. The van der Waals surface area contributed by atoms with Crippen LogP contribution in [0.3, 0.4) is 0 Å². The average molecular weight is 369 g/mol. The van der Waals surface area contributed by atoms with E-state index in [9.17, 15) is 4.79 Å². The molecule has 0 aliphatic heterocycles. The van der Waals surface area contributed by atoms with Gasteiger partial charge < -0.3 is 11.1 Å². The van der Waals surface area contributed by atoms with Gasteiger partial charge in [-0.25, -0.2) is 0 Å². The van der Waals surface area contributed by atoms with Crippen LogP contribution in [-0.2, 0) is 5.41 Å². The number of rotatable bonds is 2. The van der Waals surface area contributed by atoms with Gasteiger partial charge in [0.25, 0.3) is 5.91 Å². The molecule has 5 nitrogen and oxygen atoms in total. The van der Waals surface area contributed by atoms with Gasteiger partial charge in [0.05, 0.1) is 11.4 Å². The van der Waals surface area contributed by atoms with Gasteiger partial charge in [0, 0.05) is 15.6 Å². The predicted octanol–water partition coefficient (Wildman–Crippen LogP) is 3.74. The molecule has 0 atom stereocenters. The van der Waals surface area contributed by atoms with Crippen molar-refractivity contribution in [2.75, 3.05) is 11.1 Å². The molecular formula is C14H17BrN4OS. The fraction of sp³-hybridized carbons (Fsp3) is 0.357. The van der Waals surface area contributed by atoms with Crippen LogP contribution in [0.1, 0.15) is 41.7 Å². The molecule has 7 heteroatoms. The molecule has 0 aliphatic carbocycles. The van der Waals surface area contributed by atoms with Gasteiger partial charge in [0.2, 0.25) is 0 Å². The Morgan fingerprint density at radius 1 is 1.38 bits per heavy atom. The van der Waals surface area contributed by atoms with Crippen LogP contribution in [0.4, 0.5) is 11.4 Å². The molecule has 112 valence electrons. The molecular weight excluding hydrogens is 352 g/mol. The molecule has 0 spiro atoms. The Labute approximate surface area is 136 Å². The van der Waals surface area contributed by atoms with E-state index in [4.69, 9.17) is 5.73 Å². The molecule has 2 aromatic rings. The van der Waals surface area contributed by atoms with Crippen LogP contribution in [0.2, 0.25) is 0 Å². The second-order valence-corrected chi connectivity index (χ2v) is 7.45. The van der Waals surface area contributed by atoms with Gasteiger partial charge in [-0.1, -0.05) is 25.3 Å². The fourth-order valence-corrected chi connectivity index (χ4v) is 3.12. The summed E-state index contributed by atoms with van der Waals surface area (Å²) in [6.45, 7) is 7.91. The number of halogens is 1. The third-order valence-corrected chi connectivity index (χ3v) is 4.39. The van der Waals surface area contributed by atoms with E-state index in [2.05, 4.69) is 30.8 Å². The standard InChI is InChI=1S/C14H17BrN4OS/c1-7-5-8(15)10(6-9(7)16)17-13(20)11-12(14(2,3)4)18-19-21-11/h5-6H,16H2,1-4H3,(H,17,20). The van der Waals surface area contributed by atoms with E-state index in [1.165, 1.54) is 0 Å². The van der Waals surface area contributed by atoms with E-state index in [1.54, 1.807) is 6.07 Å². The molecule has 0 saturated heterocycles. The molecule has 0 unspecified atom stereocenters. The summed E-state index contributed by atoms with van der Waals surface area (Å²) < 4.78 is 4.69. The van der Waals surface area contributed by atoms with Crippen molar-refractivity contribution in [3.8, 4) is 0 Å². The zero-order chi connectivity index (χ0) is 15.8. The second kappa shape index (κ2) is 5.73. The minimum atomic E-state index is -0.233. The van der Waals surface area contributed by atoms with Crippen LogP contribution in [0.5, 0.6) is 0 Å². The highest BCUT2D eigenvalue weighted by molar-refractivity contribution is 9.10. The van der Waals surface area contributed by atoms with Gasteiger partial charge in [-0.2, -0.15) is 0 Å². The first kappa shape index (κ1) is 15.9. The van der Waals surface area contributed by atoms with Crippen molar-refractivity contribution in [2.45, 2.75) is 33.1 Å². The largest absolute Gasteiger partial charge is 0.398 e. The zero-order valence-electron chi connectivity index (χ0n) is 12.3. The Morgan fingerprint density at radius 2 is 2.05 bits per heavy atom. The van der Waals surface area contributed by atoms with Gasteiger partial charge in [-0.3, -0.25) is 4.79 Å². The normalized spacial score (nSPS) is 11.5. The van der Waals surface area contributed by atoms with Crippen LogP contribution in [-0.4, -0.2) is 15.5 Å². The Morgan fingerprint density at radius 3 is 2.67 bits per heavy atom. The van der Waals surface area contributed by atoms with Gasteiger partial charge in [-0.05, 0) is 52.1 Å². The number of hydrogen-bond donors (Lipinski definition) is 2. The topological polar surface area (TPSA) is 80.9 Å². The summed E-state index contributed by atoms with van der Waals surface area (Å²) in [7, 11) is 0. The number of benzene rings is 1. The highest BCUT2D eigenvalue weighted by Crippen LogP contribution is 2.30. The summed E-state index contributed by atoms with van der Waals surface area (Å²) in [4.78, 5) is 13.0. The predicted molar refractivity (Wildman–Crippen MR) is 89.9 cm³/mol. The Kier molecular flexibility index (Phi) is 4.34.